The second-order valence-corrected chi connectivity index (χ2v) is 20.6. The van der Waals surface area contributed by atoms with Gasteiger partial charge in [0, 0.05) is 52.4 Å². The molecular formula is C41H45N2O12S4+. The second kappa shape index (κ2) is 17.0. The topological polar surface area (TPSA) is 208 Å². The van der Waals surface area contributed by atoms with Crippen LogP contribution in [0.3, 0.4) is 0 Å². The number of hydrogen-bond donors (Lipinski definition) is 4. The van der Waals surface area contributed by atoms with Gasteiger partial charge in [0.05, 0.1) is 33.9 Å². The first-order valence-electron chi connectivity index (χ1n) is 18.5. The summed E-state index contributed by atoms with van der Waals surface area (Å²) in [7, 11) is -12.8. The number of allylic oxidation sites excluding steroid dienone is 8. The van der Waals surface area contributed by atoms with E-state index >= 15 is 0 Å². The van der Waals surface area contributed by atoms with E-state index in [9.17, 15) is 38.9 Å². The summed E-state index contributed by atoms with van der Waals surface area (Å²) in [5.74, 6) is -0.808. The monoisotopic (exact) mass is 885 g/mol. The lowest BCUT2D eigenvalue weighted by molar-refractivity contribution is -0.437. The van der Waals surface area contributed by atoms with Crippen LogP contribution in [0.15, 0.2) is 119 Å². The van der Waals surface area contributed by atoms with E-state index in [1.807, 2.05) is 97.7 Å². The molecule has 0 aliphatic carbocycles. The van der Waals surface area contributed by atoms with Crippen molar-refractivity contribution in [2.24, 2.45) is 0 Å². The standard InChI is InChI=1S/C41H44N2O12S4/c1-40(2)36(42(22-10-24-57(45,46)47)34-20-14-28-26-30(56-55-54-44)16-18-32(28)38(34)40)12-8-6-5-7-9-13-37-41(3,4)39-33-19-17-31(59(51,52)53)27-29(33)15-21-35(39)43(37)23-11-25-58(48,49)50/h5-9,12-21,26-27H,10-11,22-25H2,1-4H3,(H3-,44,45,46,47,48,49,50,51,52,53)/p+1. The Morgan fingerprint density at radius 1 is 0.729 bits per heavy atom. The molecule has 0 saturated carbocycles. The van der Waals surface area contributed by atoms with Crippen molar-refractivity contribution in [3.05, 3.63) is 120 Å². The van der Waals surface area contributed by atoms with Gasteiger partial charge < -0.3 is 4.90 Å². The Hall–Kier alpha value is -4.21. The first kappa shape index (κ1) is 44.3. The largest absolute Gasteiger partial charge is 0.344 e. The van der Waals surface area contributed by atoms with E-state index in [1.54, 1.807) is 12.1 Å². The maximum atomic E-state index is 11.9. The van der Waals surface area contributed by atoms with Gasteiger partial charge in [-0.3, -0.25) is 13.7 Å². The molecule has 4 aromatic rings. The maximum Gasteiger partial charge on any atom is 0.294 e. The van der Waals surface area contributed by atoms with Crippen LogP contribution >= 0.6 is 12.0 Å². The highest BCUT2D eigenvalue weighted by atomic mass is 32.2. The van der Waals surface area contributed by atoms with Crippen LogP contribution in [-0.2, 0) is 50.6 Å². The van der Waals surface area contributed by atoms with Crippen molar-refractivity contribution in [1.82, 2.24) is 0 Å². The maximum absolute atomic E-state index is 11.9. The van der Waals surface area contributed by atoms with Crippen LogP contribution in [0.5, 0.6) is 0 Å². The minimum absolute atomic E-state index is 0.149. The molecule has 14 nitrogen and oxygen atoms in total. The van der Waals surface area contributed by atoms with E-state index in [4.69, 9.17) is 5.26 Å². The van der Waals surface area contributed by atoms with Gasteiger partial charge in [0.2, 0.25) is 5.69 Å². The van der Waals surface area contributed by atoms with Crippen molar-refractivity contribution in [1.29, 1.82) is 0 Å². The predicted molar refractivity (Wildman–Crippen MR) is 229 cm³/mol. The van der Waals surface area contributed by atoms with Crippen molar-refractivity contribution >= 4 is 81.0 Å². The zero-order valence-electron chi connectivity index (χ0n) is 32.6. The third-order valence-corrected chi connectivity index (χ3v) is 13.6. The zero-order chi connectivity index (χ0) is 43.0. The summed E-state index contributed by atoms with van der Waals surface area (Å²) in [5, 5.41) is 15.6. The molecule has 0 saturated heterocycles. The van der Waals surface area contributed by atoms with Gasteiger partial charge in [-0.05, 0) is 89.9 Å². The number of rotatable bonds is 16. The third-order valence-electron chi connectivity index (χ3n) is 10.6. The van der Waals surface area contributed by atoms with Gasteiger partial charge in [-0.15, -0.1) is 4.33 Å². The molecule has 0 atom stereocenters. The van der Waals surface area contributed by atoms with Gasteiger partial charge in [-0.2, -0.15) is 29.8 Å². The molecule has 2 aliphatic rings. The van der Waals surface area contributed by atoms with Crippen LogP contribution in [0.25, 0.3) is 21.5 Å². The first-order valence-corrected chi connectivity index (χ1v) is 23.9. The summed E-state index contributed by atoms with van der Waals surface area (Å²) < 4.78 is 105. The molecule has 4 aromatic carbocycles. The number of hydrogen-bond acceptors (Lipinski definition) is 11. The van der Waals surface area contributed by atoms with Gasteiger partial charge in [-0.25, -0.2) is 5.26 Å². The summed E-state index contributed by atoms with van der Waals surface area (Å²) in [5.41, 5.74) is 4.30. The Morgan fingerprint density at radius 2 is 1.36 bits per heavy atom. The summed E-state index contributed by atoms with van der Waals surface area (Å²) in [6, 6.07) is 17.7. The quantitative estimate of drug-likeness (QED) is 0.0210. The molecule has 6 rings (SSSR count). The van der Waals surface area contributed by atoms with Gasteiger partial charge in [0.15, 0.2) is 5.71 Å². The third kappa shape index (κ3) is 9.73. The molecule has 0 spiro atoms. The number of anilines is 1. The molecule has 0 radical (unpaired) electrons. The van der Waals surface area contributed by atoms with Gasteiger partial charge >= 0.3 is 0 Å². The SMILES string of the molecule is CC1(C)C(=CC=CC=CC=CC2=[N+](CCCS(=O)(=O)O)c3ccc4cc(SOOO)ccc4c3C2(C)C)N(CCCS(=O)(=O)O)c2ccc3cc(S(=O)(=O)O)ccc3c21. The van der Waals surface area contributed by atoms with E-state index in [-0.39, 0.29) is 30.0 Å². The summed E-state index contributed by atoms with van der Waals surface area (Å²) in [6.07, 6.45) is 13.6. The van der Waals surface area contributed by atoms with Crippen molar-refractivity contribution in [3.63, 3.8) is 0 Å². The molecule has 18 heteroatoms. The van der Waals surface area contributed by atoms with Gasteiger partial charge in [-0.1, -0.05) is 67.5 Å². The lowest BCUT2D eigenvalue weighted by atomic mass is 9.79. The molecule has 59 heavy (non-hydrogen) atoms. The fourth-order valence-electron chi connectivity index (χ4n) is 8.19. The van der Waals surface area contributed by atoms with Crippen molar-refractivity contribution in [2.75, 3.05) is 29.5 Å². The van der Waals surface area contributed by atoms with E-state index < -0.39 is 46.9 Å². The average molecular weight is 886 g/mol. The van der Waals surface area contributed by atoms with E-state index in [0.717, 1.165) is 62.1 Å². The van der Waals surface area contributed by atoms with Crippen molar-refractivity contribution in [3.8, 4) is 0 Å². The number of nitrogens with zero attached hydrogens (tertiary/aromatic N) is 2. The number of benzene rings is 4. The molecule has 2 aliphatic heterocycles. The van der Waals surface area contributed by atoms with Crippen molar-refractivity contribution in [2.45, 2.75) is 61.2 Å². The fraction of sp³-hybridized carbons (Fsp3) is 0.293. The molecule has 4 N–H and O–H groups in total. The molecule has 0 unspecified atom stereocenters. The van der Waals surface area contributed by atoms with Crippen LogP contribution < -0.4 is 4.90 Å². The van der Waals surface area contributed by atoms with E-state index in [1.165, 1.54) is 12.1 Å². The predicted octanol–water partition coefficient (Wildman–Crippen LogP) is 7.95. The average Bonchev–Trinajstić information content (AvgIpc) is 3.50. The van der Waals surface area contributed by atoms with Crippen LogP contribution in [0.1, 0.15) is 51.7 Å². The second-order valence-electron chi connectivity index (χ2n) is 15.3. The smallest absolute Gasteiger partial charge is 0.294 e. The molecule has 314 valence electrons. The molecule has 0 aromatic heterocycles. The minimum Gasteiger partial charge on any atom is -0.344 e. The fourth-order valence-corrected chi connectivity index (χ4v) is 10.1. The Bertz CT molecular complexity index is 2810. The van der Waals surface area contributed by atoms with Crippen LogP contribution in [-0.4, -0.2) is 79.1 Å². The Kier molecular flexibility index (Phi) is 12.8. The van der Waals surface area contributed by atoms with Crippen LogP contribution in [0, 0.1) is 0 Å². The van der Waals surface area contributed by atoms with E-state index in [2.05, 4.69) is 27.8 Å². The van der Waals surface area contributed by atoms with Gasteiger partial charge in [0.1, 0.15) is 6.54 Å². The van der Waals surface area contributed by atoms with Crippen LogP contribution in [0.2, 0.25) is 0 Å². The number of fused-ring (bicyclic) bond motifs is 6. The van der Waals surface area contributed by atoms with Gasteiger partial charge in [0.25, 0.3) is 30.4 Å². The van der Waals surface area contributed by atoms with Crippen molar-refractivity contribution < 1.29 is 58.1 Å². The Labute approximate surface area is 348 Å². The normalized spacial score (nSPS) is 17.5. The Morgan fingerprint density at radius 3 is 2.05 bits per heavy atom. The highest BCUT2D eigenvalue weighted by molar-refractivity contribution is 7.94. The lowest BCUT2D eigenvalue weighted by Crippen LogP contribution is -2.28. The summed E-state index contributed by atoms with van der Waals surface area (Å²) >= 11 is 0.860. The Balaban J connectivity index is 1.30. The molecule has 0 bridgehead atoms. The zero-order valence-corrected chi connectivity index (χ0v) is 35.9. The molecule has 0 fully saturated rings. The highest BCUT2D eigenvalue weighted by Gasteiger charge is 2.45. The molecule has 0 amide bonds. The minimum atomic E-state index is -4.42. The van der Waals surface area contributed by atoms with Crippen LogP contribution in [0.4, 0.5) is 11.4 Å². The van der Waals surface area contributed by atoms with E-state index in [0.29, 0.717) is 16.8 Å². The molecule has 2 heterocycles. The first-order chi connectivity index (χ1) is 27.6. The highest BCUT2D eigenvalue weighted by Crippen LogP contribution is 2.51. The molecular weight excluding hydrogens is 841 g/mol. The summed E-state index contributed by atoms with van der Waals surface area (Å²) in [4.78, 5) is 2.48. The summed E-state index contributed by atoms with van der Waals surface area (Å²) in [6.45, 7) is 8.84. The lowest BCUT2D eigenvalue weighted by Gasteiger charge is -2.27.